The van der Waals surface area contributed by atoms with Crippen molar-refractivity contribution in [2.75, 3.05) is 47.5 Å². The number of esters is 2. The fourth-order valence-corrected chi connectivity index (χ4v) is 7.71. The van der Waals surface area contributed by atoms with Gasteiger partial charge in [-0.05, 0) is 77.0 Å². The van der Waals surface area contributed by atoms with Gasteiger partial charge in [-0.15, -0.1) is 0 Å². The molecule has 0 bridgehead atoms. The molecule has 0 aromatic carbocycles. The first-order valence-corrected chi connectivity index (χ1v) is 28.5. The highest BCUT2D eigenvalue weighted by Gasteiger charge is 2.27. The molecule has 1 N–H and O–H groups in total. The van der Waals surface area contributed by atoms with Gasteiger partial charge in [-0.2, -0.15) is 0 Å². The summed E-state index contributed by atoms with van der Waals surface area (Å²) < 4.78 is 34.3. The van der Waals surface area contributed by atoms with E-state index in [1.165, 1.54) is 83.5 Å². The van der Waals surface area contributed by atoms with Crippen molar-refractivity contribution in [1.82, 2.24) is 0 Å². The molecule has 9 nitrogen and oxygen atoms in total. The lowest BCUT2D eigenvalue weighted by Gasteiger charge is -2.24. The minimum atomic E-state index is -4.38. The molecule has 0 radical (unpaired) electrons. The van der Waals surface area contributed by atoms with Gasteiger partial charge in [-0.25, -0.2) is 4.57 Å². The van der Waals surface area contributed by atoms with Crippen LogP contribution in [-0.4, -0.2) is 74.9 Å². The smallest absolute Gasteiger partial charge is 0.462 e. The van der Waals surface area contributed by atoms with Crippen molar-refractivity contribution >= 4 is 19.8 Å². The molecule has 68 heavy (non-hydrogen) atoms. The van der Waals surface area contributed by atoms with E-state index in [-0.39, 0.29) is 32.0 Å². The summed E-state index contributed by atoms with van der Waals surface area (Å²) in [6.45, 7) is 4.25. The molecule has 10 heteroatoms. The van der Waals surface area contributed by atoms with Crippen LogP contribution in [0.2, 0.25) is 0 Å². The number of ether oxygens (including phenoxy) is 2. The van der Waals surface area contributed by atoms with Gasteiger partial charge in [0.05, 0.1) is 27.7 Å². The zero-order valence-electron chi connectivity index (χ0n) is 44.1. The van der Waals surface area contributed by atoms with Crippen LogP contribution in [0.3, 0.4) is 0 Å². The largest absolute Gasteiger partial charge is 0.472 e. The number of quaternary nitrogens is 1. The second kappa shape index (κ2) is 48.9. The molecule has 0 aliphatic heterocycles. The molecule has 390 valence electrons. The van der Waals surface area contributed by atoms with E-state index in [1.54, 1.807) is 0 Å². The summed E-state index contributed by atoms with van der Waals surface area (Å²) in [6, 6.07) is 0. The molecule has 0 aliphatic rings. The van der Waals surface area contributed by atoms with Gasteiger partial charge < -0.3 is 18.9 Å². The number of hydrogen-bond donors (Lipinski definition) is 1. The van der Waals surface area contributed by atoms with E-state index in [9.17, 15) is 19.0 Å². The molecular formula is C58H101NO8P+. The summed E-state index contributed by atoms with van der Waals surface area (Å²) in [4.78, 5) is 35.3. The number of unbranched alkanes of at least 4 members (excludes halogenated alkanes) is 18. The minimum absolute atomic E-state index is 0.0287. The topological polar surface area (TPSA) is 108 Å². The van der Waals surface area contributed by atoms with E-state index in [2.05, 4.69) is 111 Å². The van der Waals surface area contributed by atoms with Gasteiger partial charge in [-0.1, -0.05) is 214 Å². The maximum Gasteiger partial charge on any atom is 0.472 e. The standard InChI is InChI=1S/C58H100NO8P/c1-6-8-10-12-14-15-16-17-18-19-20-21-22-23-24-25-26-27-28-29-30-31-32-33-34-35-36-37-38-39-40-41-42-43-45-47-49-51-58(61)67-56(55-66-68(62,63)65-53-52-59(3,4)5)54-64-57(60)50-48-46-44-13-11-9-7-2/h8,10,14-15,17-18,20-21,23-24,26-27,29-30,32-33,56H,6-7,9,11-13,16,19,22,25,28,31,34-55H2,1-5H3/p+1/b10-8-,15-14-,18-17-,21-20-,24-23-,27-26-,30-29-,33-32-. The van der Waals surface area contributed by atoms with Crippen molar-refractivity contribution in [2.45, 2.75) is 213 Å². The zero-order valence-corrected chi connectivity index (χ0v) is 45.0. The lowest BCUT2D eigenvalue weighted by atomic mass is 10.0. The fourth-order valence-electron chi connectivity index (χ4n) is 6.97. The number of hydrogen-bond acceptors (Lipinski definition) is 7. The molecule has 2 atom stereocenters. The lowest BCUT2D eigenvalue weighted by molar-refractivity contribution is -0.870. The number of phosphoric acid groups is 1. The number of nitrogens with zero attached hydrogens (tertiary/aromatic N) is 1. The molecule has 0 aromatic rings. The van der Waals surface area contributed by atoms with Crippen LogP contribution >= 0.6 is 7.82 Å². The van der Waals surface area contributed by atoms with Gasteiger partial charge in [-0.3, -0.25) is 18.6 Å². The van der Waals surface area contributed by atoms with E-state index >= 15 is 0 Å². The average Bonchev–Trinajstić information content (AvgIpc) is 3.30. The SMILES string of the molecule is CC/C=C\C/C=C\C/C=C\C/C=C\C/C=C\C/C=C\C/C=C\C/C=C\CCCCCCCCCCCCCCC(=O)OC(COC(=O)CCCCCCCCC)COP(=O)(O)OCC[N+](C)(C)C. The van der Waals surface area contributed by atoms with Crippen molar-refractivity contribution in [3.63, 3.8) is 0 Å². The zero-order chi connectivity index (χ0) is 49.9. The number of rotatable bonds is 48. The Morgan fingerprint density at radius 1 is 0.471 bits per heavy atom. The highest BCUT2D eigenvalue weighted by molar-refractivity contribution is 7.47. The fraction of sp³-hybridized carbons (Fsp3) is 0.690. The third-order valence-electron chi connectivity index (χ3n) is 11.1. The molecule has 0 saturated carbocycles. The second-order valence-corrected chi connectivity index (χ2v) is 20.3. The predicted octanol–water partition coefficient (Wildman–Crippen LogP) is 16.5. The first-order chi connectivity index (χ1) is 33.0. The molecule has 0 heterocycles. The van der Waals surface area contributed by atoms with Crippen LogP contribution in [0, 0.1) is 0 Å². The van der Waals surface area contributed by atoms with Gasteiger partial charge in [0.25, 0.3) is 0 Å². The minimum Gasteiger partial charge on any atom is -0.462 e. The normalized spacial score (nSPS) is 14.1. The van der Waals surface area contributed by atoms with E-state index in [0.717, 1.165) is 89.9 Å². The first kappa shape index (κ1) is 64.9. The van der Waals surface area contributed by atoms with Gasteiger partial charge in [0.1, 0.15) is 19.8 Å². The molecular weight excluding hydrogens is 870 g/mol. The highest BCUT2D eigenvalue weighted by atomic mass is 31.2. The van der Waals surface area contributed by atoms with E-state index < -0.39 is 26.5 Å². The Balaban J connectivity index is 3.98. The molecule has 0 rings (SSSR count). The monoisotopic (exact) mass is 971 g/mol. The number of phosphoric ester groups is 1. The summed E-state index contributed by atoms with van der Waals surface area (Å²) in [5.74, 6) is -0.810. The maximum atomic E-state index is 12.7. The van der Waals surface area contributed by atoms with E-state index in [0.29, 0.717) is 17.4 Å². The summed E-state index contributed by atoms with van der Waals surface area (Å²) in [7, 11) is 1.47. The van der Waals surface area contributed by atoms with Crippen LogP contribution in [0.25, 0.3) is 0 Å². The molecule has 0 saturated heterocycles. The quantitative estimate of drug-likeness (QED) is 0.0211. The number of allylic oxidation sites excluding steroid dienone is 16. The number of likely N-dealkylation sites (N-methyl/N-ethyl adjacent to an activating group) is 1. The second-order valence-electron chi connectivity index (χ2n) is 18.9. The Morgan fingerprint density at radius 3 is 1.25 bits per heavy atom. The van der Waals surface area contributed by atoms with E-state index in [1.807, 2.05) is 21.1 Å². The Morgan fingerprint density at radius 2 is 0.838 bits per heavy atom. The summed E-state index contributed by atoms with van der Waals surface area (Å²) >= 11 is 0. The molecule has 0 aliphatic carbocycles. The molecule has 0 fully saturated rings. The summed E-state index contributed by atoms with van der Waals surface area (Å²) in [5.41, 5.74) is 0. The number of carbonyl (C=O) groups excluding carboxylic acids is 2. The first-order valence-electron chi connectivity index (χ1n) is 27.0. The summed E-state index contributed by atoms with van der Waals surface area (Å²) in [5, 5.41) is 0. The van der Waals surface area contributed by atoms with Gasteiger partial charge >= 0.3 is 19.8 Å². The third-order valence-corrected chi connectivity index (χ3v) is 12.1. The van der Waals surface area contributed by atoms with Crippen LogP contribution in [-0.2, 0) is 32.7 Å². The average molecular weight is 971 g/mol. The Hall–Kier alpha value is -3.07. The third kappa shape index (κ3) is 52.3. The van der Waals surface area contributed by atoms with Gasteiger partial charge in [0.2, 0.25) is 0 Å². The van der Waals surface area contributed by atoms with Crippen LogP contribution in [0.1, 0.15) is 206 Å². The molecule has 0 spiro atoms. The molecule has 0 amide bonds. The van der Waals surface area contributed by atoms with Crippen molar-refractivity contribution in [2.24, 2.45) is 0 Å². The number of carbonyl (C=O) groups is 2. The predicted molar refractivity (Wildman–Crippen MR) is 288 cm³/mol. The van der Waals surface area contributed by atoms with Gasteiger partial charge in [0.15, 0.2) is 6.10 Å². The van der Waals surface area contributed by atoms with Crippen molar-refractivity contribution in [1.29, 1.82) is 0 Å². The Bertz CT molecular complexity index is 1470. The molecule has 2 unspecified atom stereocenters. The van der Waals surface area contributed by atoms with Crippen molar-refractivity contribution in [3.8, 4) is 0 Å². The van der Waals surface area contributed by atoms with Crippen molar-refractivity contribution < 1.29 is 42.1 Å². The maximum absolute atomic E-state index is 12.7. The molecule has 0 aromatic heterocycles. The van der Waals surface area contributed by atoms with Crippen LogP contribution in [0.15, 0.2) is 97.2 Å². The Labute approximate surface area is 417 Å². The summed E-state index contributed by atoms with van der Waals surface area (Å²) in [6.07, 6.45) is 66.5. The van der Waals surface area contributed by atoms with Crippen molar-refractivity contribution in [3.05, 3.63) is 97.2 Å². The lowest BCUT2D eigenvalue weighted by Crippen LogP contribution is -2.37. The van der Waals surface area contributed by atoms with E-state index in [4.69, 9.17) is 18.5 Å². The van der Waals surface area contributed by atoms with Crippen LogP contribution in [0.4, 0.5) is 0 Å². The van der Waals surface area contributed by atoms with Gasteiger partial charge in [0, 0.05) is 12.8 Å². The van der Waals surface area contributed by atoms with Crippen LogP contribution in [0.5, 0.6) is 0 Å². The highest BCUT2D eigenvalue weighted by Crippen LogP contribution is 2.43. The van der Waals surface area contributed by atoms with Crippen LogP contribution < -0.4 is 0 Å². The Kier molecular flexibility index (Phi) is 46.7.